The molecule has 1 aromatic carbocycles. The molecule has 218 valence electrons. The van der Waals surface area contributed by atoms with Gasteiger partial charge in [0.2, 0.25) is 0 Å². The van der Waals surface area contributed by atoms with Crippen LogP contribution >= 0.6 is 11.3 Å². The van der Waals surface area contributed by atoms with Crippen molar-refractivity contribution < 1.29 is 31.9 Å². The van der Waals surface area contributed by atoms with Crippen molar-refractivity contribution in [2.75, 3.05) is 5.32 Å². The number of furan rings is 1. The Bertz CT molecular complexity index is 1840. The summed E-state index contributed by atoms with van der Waals surface area (Å²) in [5, 5.41) is 7.02. The lowest BCUT2D eigenvalue weighted by atomic mass is 10.0. The SMILES string of the molecule is CCn1ncc(-c2cc(C(F)(F)F)nc3sc(C(N)=O)c(NC(=O)c4ccc(COc5cc(C)ccc5C)o4)c23)c1C. The molecule has 0 saturated carbocycles. The van der Waals surface area contributed by atoms with Crippen LogP contribution in [0.2, 0.25) is 0 Å². The molecule has 5 aromatic rings. The van der Waals surface area contributed by atoms with Crippen molar-refractivity contribution in [3.05, 3.63) is 81.5 Å². The van der Waals surface area contributed by atoms with Crippen molar-refractivity contribution in [3.8, 4) is 16.9 Å². The number of alkyl halides is 3. The van der Waals surface area contributed by atoms with Gasteiger partial charge in [-0.15, -0.1) is 11.3 Å². The highest BCUT2D eigenvalue weighted by atomic mass is 32.1. The van der Waals surface area contributed by atoms with Crippen molar-refractivity contribution >= 4 is 39.1 Å². The lowest BCUT2D eigenvalue weighted by Crippen LogP contribution is -2.16. The predicted molar refractivity (Wildman–Crippen MR) is 152 cm³/mol. The molecule has 0 unspecified atom stereocenters. The molecule has 9 nitrogen and oxygen atoms in total. The molecule has 4 aromatic heterocycles. The van der Waals surface area contributed by atoms with Crippen molar-refractivity contribution in [1.82, 2.24) is 14.8 Å². The first-order chi connectivity index (χ1) is 19.9. The van der Waals surface area contributed by atoms with Gasteiger partial charge in [0.15, 0.2) is 5.76 Å². The van der Waals surface area contributed by atoms with E-state index in [0.717, 1.165) is 17.2 Å². The zero-order valence-electron chi connectivity index (χ0n) is 23.0. The molecule has 4 heterocycles. The summed E-state index contributed by atoms with van der Waals surface area (Å²) in [6, 6.07) is 9.68. The Balaban J connectivity index is 1.54. The smallest absolute Gasteiger partial charge is 0.433 e. The third kappa shape index (κ3) is 5.47. The Morgan fingerprint density at radius 2 is 1.88 bits per heavy atom. The second-order valence-corrected chi connectivity index (χ2v) is 10.6. The van der Waals surface area contributed by atoms with E-state index in [1.807, 2.05) is 39.0 Å². The van der Waals surface area contributed by atoms with Crippen LogP contribution in [0.15, 0.2) is 47.0 Å². The molecule has 2 amide bonds. The standard InChI is InChI=1S/C29H26F3N5O4S/c1-5-37-16(4)19(12-34-37)18-11-22(29(30,31)32)35-28-23(18)24(25(42-28)26(33)38)36-27(39)20-9-8-17(41-20)13-40-21-10-14(2)6-7-15(21)3/h6-12H,5,13H2,1-4H3,(H2,33,38)(H,36,39). The molecular weight excluding hydrogens is 571 g/mol. The quantitative estimate of drug-likeness (QED) is 0.206. The molecular formula is C29H26F3N5O4S. The van der Waals surface area contributed by atoms with E-state index in [4.69, 9.17) is 14.9 Å². The summed E-state index contributed by atoms with van der Waals surface area (Å²) in [6.45, 7) is 7.96. The van der Waals surface area contributed by atoms with E-state index in [1.165, 1.54) is 12.3 Å². The number of hydrogen-bond donors (Lipinski definition) is 2. The number of anilines is 1. The highest BCUT2D eigenvalue weighted by molar-refractivity contribution is 7.21. The Morgan fingerprint density at radius 3 is 2.55 bits per heavy atom. The summed E-state index contributed by atoms with van der Waals surface area (Å²) in [7, 11) is 0. The number of fused-ring (bicyclic) bond motifs is 1. The van der Waals surface area contributed by atoms with Crippen LogP contribution in [0.1, 0.15) is 55.4 Å². The molecule has 0 radical (unpaired) electrons. The van der Waals surface area contributed by atoms with Gasteiger partial charge >= 0.3 is 6.18 Å². The third-order valence-electron chi connectivity index (χ3n) is 6.71. The van der Waals surface area contributed by atoms with Gasteiger partial charge in [-0.1, -0.05) is 12.1 Å². The van der Waals surface area contributed by atoms with Gasteiger partial charge in [-0.05, 0) is 68.7 Å². The highest BCUT2D eigenvalue weighted by Gasteiger charge is 2.35. The number of carbonyl (C=O) groups is 2. The van der Waals surface area contributed by atoms with E-state index in [1.54, 1.807) is 17.7 Å². The Morgan fingerprint density at radius 1 is 1.12 bits per heavy atom. The number of primary amides is 1. The summed E-state index contributed by atoms with van der Waals surface area (Å²) >= 11 is 0.662. The zero-order valence-corrected chi connectivity index (χ0v) is 23.9. The molecule has 5 rings (SSSR count). The number of aromatic nitrogens is 3. The van der Waals surface area contributed by atoms with Gasteiger partial charge in [-0.2, -0.15) is 18.3 Å². The van der Waals surface area contributed by atoms with Crippen molar-refractivity contribution in [2.24, 2.45) is 5.73 Å². The number of nitrogens with zero attached hydrogens (tertiary/aromatic N) is 3. The Kier molecular flexibility index (Phi) is 7.54. The van der Waals surface area contributed by atoms with Crippen molar-refractivity contribution in [3.63, 3.8) is 0 Å². The van der Waals surface area contributed by atoms with Crippen LogP contribution in [0.25, 0.3) is 21.3 Å². The number of aryl methyl sites for hydroxylation is 3. The van der Waals surface area contributed by atoms with Crippen LogP contribution in [-0.4, -0.2) is 26.6 Å². The van der Waals surface area contributed by atoms with Crippen LogP contribution < -0.4 is 15.8 Å². The summed E-state index contributed by atoms with van der Waals surface area (Å²) in [4.78, 5) is 29.2. The number of nitrogens with one attached hydrogen (secondary N) is 1. The Labute approximate surface area is 242 Å². The number of hydrogen-bond acceptors (Lipinski definition) is 7. The molecule has 0 spiro atoms. The average Bonchev–Trinajstić information content (AvgIpc) is 3.65. The van der Waals surface area contributed by atoms with E-state index in [2.05, 4.69) is 15.4 Å². The molecule has 0 aliphatic rings. The monoisotopic (exact) mass is 597 g/mol. The van der Waals surface area contributed by atoms with E-state index >= 15 is 0 Å². The average molecular weight is 598 g/mol. The van der Waals surface area contributed by atoms with Gasteiger partial charge in [0.25, 0.3) is 11.8 Å². The molecule has 42 heavy (non-hydrogen) atoms. The number of pyridine rings is 1. The maximum atomic E-state index is 13.8. The molecule has 0 fully saturated rings. The van der Waals surface area contributed by atoms with Crippen molar-refractivity contribution in [1.29, 1.82) is 0 Å². The number of carbonyl (C=O) groups excluding carboxylic acids is 2. The summed E-state index contributed by atoms with van der Waals surface area (Å²) in [5.74, 6) is -0.724. The molecule has 0 bridgehead atoms. The number of halogens is 3. The first-order valence-electron chi connectivity index (χ1n) is 12.8. The lowest BCUT2D eigenvalue weighted by Gasteiger charge is -2.12. The fourth-order valence-electron chi connectivity index (χ4n) is 4.54. The van der Waals surface area contributed by atoms with Crippen LogP contribution in [0, 0.1) is 20.8 Å². The number of thiophene rings is 1. The minimum absolute atomic E-state index is 0.0560. The fourth-order valence-corrected chi connectivity index (χ4v) is 5.55. The number of nitrogens with two attached hydrogens (primary N) is 1. The van der Waals surface area contributed by atoms with Crippen molar-refractivity contribution in [2.45, 2.75) is 47.0 Å². The van der Waals surface area contributed by atoms with E-state index in [0.29, 0.717) is 40.6 Å². The van der Waals surface area contributed by atoms with Gasteiger partial charge < -0.3 is 20.2 Å². The van der Waals surface area contributed by atoms with Gasteiger partial charge in [-0.25, -0.2) is 4.98 Å². The summed E-state index contributed by atoms with van der Waals surface area (Å²) in [5.41, 5.74) is 7.44. The summed E-state index contributed by atoms with van der Waals surface area (Å²) in [6.07, 6.45) is -3.32. The highest BCUT2D eigenvalue weighted by Crippen LogP contribution is 2.44. The van der Waals surface area contributed by atoms with E-state index in [-0.39, 0.29) is 38.7 Å². The minimum atomic E-state index is -4.76. The largest absolute Gasteiger partial charge is 0.485 e. The maximum absolute atomic E-state index is 13.8. The molecule has 3 N–H and O–H groups in total. The fraction of sp³-hybridized carbons (Fsp3) is 0.241. The number of rotatable bonds is 8. The van der Waals surface area contributed by atoms with Crippen LogP contribution in [-0.2, 0) is 19.3 Å². The van der Waals surface area contributed by atoms with E-state index in [9.17, 15) is 22.8 Å². The molecule has 0 saturated heterocycles. The van der Waals surface area contributed by atoms with Crippen LogP contribution in [0.4, 0.5) is 18.9 Å². The second-order valence-electron chi connectivity index (χ2n) is 9.64. The molecule has 13 heteroatoms. The van der Waals surface area contributed by atoms with Crippen LogP contribution in [0.3, 0.4) is 0 Å². The van der Waals surface area contributed by atoms with Crippen LogP contribution in [0.5, 0.6) is 5.75 Å². The van der Waals surface area contributed by atoms with Gasteiger partial charge in [0.1, 0.15) is 33.5 Å². The Hall–Kier alpha value is -4.65. The molecule has 0 aliphatic heterocycles. The van der Waals surface area contributed by atoms with E-state index < -0.39 is 23.7 Å². The first kappa shape index (κ1) is 28.9. The van der Waals surface area contributed by atoms with Gasteiger partial charge in [0.05, 0.1) is 11.9 Å². The number of benzene rings is 1. The lowest BCUT2D eigenvalue weighted by molar-refractivity contribution is -0.140. The molecule has 0 aliphatic carbocycles. The van der Waals surface area contributed by atoms with Gasteiger partial charge in [-0.3, -0.25) is 14.3 Å². The number of ether oxygens (including phenoxy) is 1. The normalized spacial score (nSPS) is 11.7. The topological polar surface area (TPSA) is 125 Å². The van der Waals surface area contributed by atoms with Gasteiger partial charge in [0, 0.05) is 23.2 Å². The number of amides is 2. The molecule has 0 atom stereocenters. The zero-order chi connectivity index (χ0) is 30.3. The first-order valence-corrected chi connectivity index (χ1v) is 13.7. The second kappa shape index (κ2) is 11.0. The maximum Gasteiger partial charge on any atom is 0.433 e. The summed E-state index contributed by atoms with van der Waals surface area (Å²) < 4.78 is 54.7. The third-order valence-corrected chi connectivity index (χ3v) is 7.80. The minimum Gasteiger partial charge on any atom is -0.485 e. The predicted octanol–water partition coefficient (Wildman–Crippen LogP) is 6.65.